The molecule has 5 rings (SSSR count). The lowest BCUT2D eigenvalue weighted by Gasteiger charge is -2.29. The van der Waals surface area contributed by atoms with Crippen LogP contribution in [0.25, 0.3) is 22.4 Å². The minimum Gasteiger partial charge on any atom is -0.369 e. The summed E-state index contributed by atoms with van der Waals surface area (Å²) in [5.41, 5.74) is 2.48. The van der Waals surface area contributed by atoms with Gasteiger partial charge in [-0.2, -0.15) is 4.98 Å². The third-order valence-electron chi connectivity index (χ3n) is 6.90. The van der Waals surface area contributed by atoms with Gasteiger partial charge in [0.1, 0.15) is 11.5 Å². The van der Waals surface area contributed by atoms with Crippen molar-refractivity contribution in [2.24, 2.45) is 7.05 Å². The van der Waals surface area contributed by atoms with Crippen LogP contribution >= 0.6 is 0 Å². The molecule has 0 saturated carbocycles. The number of anilines is 3. The highest BCUT2D eigenvalue weighted by molar-refractivity contribution is 7.91. The van der Waals surface area contributed by atoms with Crippen molar-refractivity contribution in [3.05, 3.63) is 53.1 Å². The summed E-state index contributed by atoms with van der Waals surface area (Å²) in [6.45, 7) is 10.9. The van der Waals surface area contributed by atoms with Gasteiger partial charge < -0.3 is 20.1 Å². The van der Waals surface area contributed by atoms with Gasteiger partial charge in [0.05, 0.1) is 10.8 Å². The molecule has 4 aromatic rings. The van der Waals surface area contributed by atoms with E-state index in [9.17, 15) is 13.2 Å². The number of benzene rings is 1. The maximum absolute atomic E-state index is 13.7. The molecule has 0 unspecified atom stereocenters. The van der Waals surface area contributed by atoms with Crippen molar-refractivity contribution in [1.29, 1.82) is 0 Å². The molecule has 0 radical (unpaired) electrons. The van der Waals surface area contributed by atoms with Crippen molar-refractivity contribution >= 4 is 38.2 Å². The molecule has 12 heteroatoms. The number of hydrogen-bond donors (Lipinski definition) is 2. The molecule has 39 heavy (non-hydrogen) atoms. The van der Waals surface area contributed by atoms with Crippen molar-refractivity contribution in [2.45, 2.75) is 44.0 Å². The Balaban J connectivity index is 1.51. The molecule has 1 saturated heterocycles. The summed E-state index contributed by atoms with van der Waals surface area (Å²) in [5.74, 6) is 0.656. The molecule has 0 spiro atoms. The molecular formula is C27H34N8O3S. The highest BCUT2D eigenvalue weighted by Gasteiger charge is 2.26. The first kappa shape index (κ1) is 26.8. The van der Waals surface area contributed by atoms with E-state index in [1.54, 1.807) is 42.3 Å². The Morgan fingerprint density at radius 1 is 1.03 bits per heavy atom. The molecule has 1 fully saturated rings. The van der Waals surface area contributed by atoms with Gasteiger partial charge in [-0.1, -0.05) is 0 Å². The number of sulfone groups is 1. The number of nitrogens with zero attached hydrogens (tertiary/aromatic N) is 6. The van der Waals surface area contributed by atoms with Crippen LogP contribution in [0.5, 0.6) is 0 Å². The first-order chi connectivity index (χ1) is 18.6. The Bertz CT molecular complexity index is 1670. The largest absolute Gasteiger partial charge is 0.369 e. The van der Waals surface area contributed by atoms with Crippen LogP contribution in [0.15, 0.2) is 52.5 Å². The van der Waals surface area contributed by atoms with Gasteiger partial charge in [0.25, 0.3) is 5.56 Å². The number of imidazole rings is 1. The van der Waals surface area contributed by atoms with Crippen LogP contribution in [-0.2, 0) is 16.9 Å². The normalized spacial score (nSPS) is 14.5. The van der Waals surface area contributed by atoms with E-state index in [1.807, 2.05) is 26.0 Å². The van der Waals surface area contributed by atoms with Crippen LogP contribution in [0.4, 0.5) is 17.3 Å². The zero-order valence-electron chi connectivity index (χ0n) is 22.8. The Morgan fingerprint density at radius 2 is 1.72 bits per heavy atom. The smallest absolute Gasteiger partial charge is 0.263 e. The van der Waals surface area contributed by atoms with Crippen LogP contribution < -0.4 is 21.1 Å². The number of fused-ring (bicyclic) bond motifs is 1. The highest BCUT2D eigenvalue weighted by Crippen LogP contribution is 2.26. The fourth-order valence-electron chi connectivity index (χ4n) is 4.70. The lowest BCUT2D eigenvalue weighted by atomic mass is 10.2. The van der Waals surface area contributed by atoms with E-state index in [-0.39, 0.29) is 28.0 Å². The molecule has 206 valence electrons. The number of pyridine rings is 1. The predicted octanol–water partition coefficient (Wildman–Crippen LogP) is 3.11. The molecule has 0 bridgehead atoms. The quantitative estimate of drug-likeness (QED) is 0.357. The van der Waals surface area contributed by atoms with Gasteiger partial charge in [-0.3, -0.25) is 9.36 Å². The SMILES string of the molecule is CC(C)n1c(=O)c(-c2nc(S(=O)(=O)C(C)C)cn2C)cc2cnc(Nc3ccc(N4CCNCC4)cc3)nc21. The molecule has 2 N–H and O–H groups in total. The molecule has 1 aromatic carbocycles. The predicted molar refractivity (Wildman–Crippen MR) is 154 cm³/mol. The maximum Gasteiger partial charge on any atom is 0.263 e. The van der Waals surface area contributed by atoms with E-state index in [2.05, 4.69) is 42.6 Å². The third kappa shape index (κ3) is 5.13. The zero-order valence-corrected chi connectivity index (χ0v) is 23.7. The van der Waals surface area contributed by atoms with Crippen molar-refractivity contribution in [3.8, 4) is 11.4 Å². The van der Waals surface area contributed by atoms with Crippen molar-refractivity contribution in [3.63, 3.8) is 0 Å². The Hall–Kier alpha value is -3.77. The van der Waals surface area contributed by atoms with Crippen LogP contribution in [-0.4, -0.2) is 63.9 Å². The second kappa shape index (κ2) is 10.4. The van der Waals surface area contributed by atoms with Crippen molar-refractivity contribution in [1.82, 2.24) is 29.4 Å². The minimum atomic E-state index is -3.59. The third-order valence-corrected chi connectivity index (χ3v) is 8.92. The minimum absolute atomic E-state index is 0.0515. The fraction of sp³-hybridized carbons (Fsp3) is 0.407. The summed E-state index contributed by atoms with van der Waals surface area (Å²) in [7, 11) is -1.91. The lowest BCUT2D eigenvalue weighted by molar-refractivity contribution is 0.584. The second-order valence-electron chi connectivity index (χ2n) is 10.3. The number of aryl methyl sites for hydroxylation is 1. The van der Waals surface area contributed by atoms with E-state index in [0.29, 0.717) is 17.0 Å². The topological polar surface area (TPSA) is 127 Å². The number of rotatable bonds is 7. The fourth-order valence-corrected chi connectivity index (χ4v) is 5.70. The molecule has 1 aliphatic heterocycles. The molecule has 4 heterocycles. The molecule has 11 nitrogen and oxygen atoms in total. The highest BCUT2D eigenvalue weighted by atomic mass is 32.2. The van der Waals surface area contributed by atoms with Crippen molar-refractivity contribution < 1.29 is 8.42 Å². The first-order valence-electron chi connectivity index (χ1n) is 13.1. The van der Waals surface area contributed by atoms with Gasteiger partial charge in [0.15, 0.2) is 14.9 Å². The molecule has 3 aromatic heterocycles. The Labute approximate surface area is 227 Å². The molecular weight excluding hydrogens is 516 g/mol. The Kier molecular flexibility index (Phi) is 7.17. The van der Waals surface area contributed by atoms with Crippen LogP contribution in [0.1, 0.15) is 33.7 Å². The Morgan fingerprint density at radius 3 is 2.36 bits per heavy atom. The van der Waals surface area contributed by atoms with Gasteiger partial charge in [-0.15, -0.1) is 0 Å². The summed E-state index contributed by atoms with van der Waals surface area (Å²) in [4.78, 5) is 29.6. The number of nitrogens with one attached hydrogen (secondary N) is 2. The number of hydrogen-bond acceptors (Lipinski definition) is 9. The summed E-state index contributed by atoms with van der Waals surface area (Å²) in [6, 6.07) is 9.61. The van der Waals surface area contributed by atoms with Crippen LogP contribution in [0.2, 0.25) is 0 Å². The average Bonchev–Trinajstić information content (AvgIpc) is 3.31. The van der Waals surface area contributed by atoms with Gasteiger partial charge in [0.2, 0.25) is 5.95 Å². The van der Waals surface area contributed by atoms with E-state index in [4.69, 9.17) is 0 Å². The molecule has 0 amide bonds. The van der Waals surface area contributed by atoms with Gasteiger partial charge in [0, 0.05) is 68.4 Å². The summed E-state index contributed by atoms with van der Waals surface area (Å²) >= 11 is 0. The lowest BCUT2D eigenvalue weighted by Crippen LogP contribution is -2.43. The standard InChI is InChI=1S/C27H34N8O3S/c1-17(2)35-24-19(14-22(26(35)36)25-31-23(16-33(25)5)39(37,38)18(3)4)15-29-27(32-24)30-20-6-8-21(9-7-20)34-12-10-28-11-13-34/h6-9,14-18,28H,10-13H2,1-5H3,(H,29,30,32). The summed E-state index contributed by atoms with van der Waals surface area (Å²) < 4.78 is 28.6. The first-order valence-corrected chi connectivity index (χ1v) is 14.6. The zero-order chi connectivity index (χ0) is 27.9. The summed E-state index contributed by atoms with van der Waals surface area (Å²) in [5, 5.41) is 6.58. The molecule has 1 aliphatic rings. The van der Waals surface area contributed by atoms with E-state index < -0.39 is 15.1 Å². The van der Waals surface area contributed by atoms with Crippen LogP contribution in [0.3, 0.4) is 0 Å². The number of piperazine rings is 1. The molecule has 0 aliphatic carbocycles. The maximum atomic E-state index is 13.7. The summed E-state index contributed by atoms with van der Waals surface area (Å²) in [6.07, 6.45) is 3.11. The monoisotopic (exact) mass is 550 g/mol. The van der Waals surface area contributed by atoms with Gasteiger partial charge >= 0.3 is 0 Å². The number of aromatic nitrogens is 5. The van der Waals surface area contributed by atoms with E-state index >= 15 is 0 Å². The second-order valence-corrected chi connectivity index (χ2v) is 12.8. The van der Waals surface area contributed by atoms with E-state index in [1.165, 1.54) is 11.9 Å². The average molecular weight is 551 g/mol. The molecule has 0 atom stereocenters. The van der Waals surface area contributed by atoms with Crippen LogP contribution in [0, 0.1) is 0 Å². The van der Waals surface area contributed by atoms with Gasteiger partial charge in [-0.25, -0.2) is 18.4 Å². The van der Waals surface area contributed by atoms with Crippen molar-refractivity contribution in [2.75, 3.05) is 36.4 Å². The van der Waals surface area contributed by atoms with E-state index in [0.717, 1.165) is 31.9 Å². The van der Waals surface area contributed by atoms with Gasteiger partial charge in [-0.05, 0) is 58.0 Å².